The number of anilines is 1. The Morgan fingerprint density at radius 1 is 0.444 bits per heavy atom. The van der Waals surface area contributed by atoms with Gasteiger partial charge >= 0.3 is 0 Å². The lowest BCUT2D eigenvalue weighted by molar-refractivity contribution is 0.607. The van der Waals surface area contributed by atoms with Crippen LogP contribution in [-0.4, -0.2) is 0 Å². The molecule has 0 radical (unpaired) electrons. The Morgan fingerprint density at radius 3 is 1.92 bits per heavy atom. The normalized spacial score (nSPS) is 12.4. The Labute approximate surface area is 365 Å². The number of rotatable bonds is 10. The lowest BCUT2D eigenvalue weighted by atomic mass is 9.97. The molecule has 2 heterocycles. The molecule has 63 heavy (non-hydrogen) atoms. The Bertz CT molecular complexity index is 3650. The molecular formula is C60H41NO2. The quantitative estimate of drug-likeness (QED) is 0.129. The maximum Gasteiger partial charge on any atom is 0.143 e. The first-order valence-electron chi connectivity index (χ1n) is 21.3. The summed E-state index contributed by atoms with van der Waals surface area (Å²) in [7, 11) is 0. The monoisotopic (exact) mass is 807 g/mol. The van der Waals surface area contributed by atoms with E-state index in [0.29, 0.717) is 0 Å². The minimum absolute atomic E-state index is 0.795. The zero-order chi connectivity index (χ0) is 42.1. The predicted molar refractivity (Wildman–Crippen MR) is 268 cm³/mol. The smallest absolute Gasteiger partial charge is 0.143 e. The predicted octanol–water partition coefficient (Wildman–Crippen LogP) is 16.9. The Hall–Kier alpha value is -8.40. The first-order valence-corrected chi connectivity index (χ1v) is 21.3. The summed E-state index contributed by atoms with van der Waals surface area (Å²) in [4.78, 5) is 2.21. The van der Waals surface area contributed by atoms with E-state index >= 15 is 0 Å². The third-order valence-corrected chi connectivity index (χ3v) is 11.8. The first-order chi connectivity index (χ1) is 31.1. The van der Waals surface area contributed by atoms with Crippen molar-refractivity contribution < 1.29 is 8.83 Å². The molecule has 0 unspecified atom stereocenters. The number of benzene rings is 9. The Kier molecular flexibility index (Phi) is 9.68. The van der Waals surface area contributed by atoms with E-state index in [9.17, 15) is 0 Å². The van der Waals surface area contributed by atoms with E-state index in [1.165, 1.54) is 21.9 Å². The molecule has 0 atom stereocenters. The summed E-state index contributed by atoms with van der Waals surface area (Å²) in [6.45, 7) is 4.02. The molecule has 9 aromatic carbocycles. The van der Waals surface area contributed by atoms with E-state index in [0.717, 1.165) is 88.3 Å². The van der Waals surface area contributed by atoms with Gasteiger partial charge in [-0.25, -0.2) is 0 Å². The summed E-state index contributed by atoms with van der Waals surface area (Å²) in [6, 6.07) is 66.5. The van der Waals surface area contributed by atoms with Crippen molar-refractivity contribution in [1.82, 2.24) is 0 Å². The molecule has 298 valence electrons. The van der Waals surface area contributed by atoms with Crippen molar-refractivity contribution in [3.8, 4) is 22.3 Å². The highest BCUT2D eigenvalue weighted by Gasteiger charge is 2.13. The van der Waals surface area contributed by atoms with Gasteiger partial charge < -0.3 is 13.7 Å². The third kappa shape index (κ3) is 7.32. The maximum atomic E-state index is 6.46. The Morgan fingerprint density at radius 2 is 1.11 bits per heavy atom. The fraction of sp³-hybridized carbons (Fsp3) is 0. The van der Waals surface area contributed by atoms with Crippen LogP contribution in [0.15, 0.2) is 246 Å². The van der Waals surface area contributed by atoms with Crippen LogP contribution in [0, 0.1) is 0 Å². The van der Waals surface area contributed by atoms with Crippen LogP contribution >= 0.6 is 0 Å². The van der Waals surface area contributed by atoms with Gasteiger partial charge in [0.15, 0.2) is 0 Å². The van der Waals surface area contributed by atoms with Gasteiger partial charge in [-0.1, -0.05) is 164 Å². The Balaban J connectivity index is 0.968. The molecule has 0 saturated heterocycles. The van der Waals surface area contributed by atoms with E-state index < -0.39 is 0 Å². The molecular weight excluding hydrogens is 767 g/mol. The molecule has 11 aromatic rings. The molecule has 3 nitrogen and oxygen atoms in total. The second-order valence-electron chi connectivity index (χ2n) is 15.8. The van der Waals surface area contributed by atoms with E-state index in [2.05, 4.69) is 224 Å². The highest BCUT2D eigenvalue weighted by atomic mass is 16.3. The molecule has 0 aliphatic carbocycles. The van der Waals surface area contributed by atoms with Gasteiger partial charge in [0.2, 0.25) is 0 Å². The van der Waals surface area contributed by atoms with E-state index in [1.54, 1.807) is 0 Å². The first kappa shape index (κ1) is 37.6. The van der Waals surface area contributed by atoms with Crippen molar-refractivity contribution in [2.24, 2.45) is 0 Å². The van der Waals surface area contributed by atoms with Crippen molar-refractivity contribution in [3.63, 3.8) is 0 Å². The number of allylic oxidation sites excluding steroid dienone is 5. The minimum Gasteiger partial charge on any atom is -0.456 e. The lowest BCUT2D eigenvalue weighted by Gasteiger charge is -2.22. The zero-order valence-corrected chi connectivity index (χ0v) is 34.5. The van der Waals surface area contributed by atoms with Crippen LogP contribution in [0.2, 0.25) is 0 Å². The van der Waals surface area contributed by atoms with Crippen molar-refractivity contribution in [1.29, 1.82) is 0 Å². The molecule has 0 aliphatic rings. The van der Waals surface area contributed by atoms with Gasteiger partial charge in [0.1, 0.15) is 22.5 Å². The van der Waals surface area contributed by atoms with Crippen molar-refractivity contribution >= 4 is 83.1 Å². The van der Waals surface area contributed by atoms with E-state index in [1.807, 2.05) is 24.3 Å². The fourth-order valence-electron chi connectivity index (χ4n) is 8.69. The molecule has 0 amide bonds. The van der Waals surface area contributed by atoms with Gasteiger partial charge in [0.05, 0.1) is 0 Å². The number of furan rings is 2. The number of hydrogen-bond donors (Lipinski definition) is 0. The number of nitrogens with zero attached hydrogens (tertiary/aromatic N) is 1. The topological polar surface area (TPSA) is 29.5 Å². The largest absolute Gasteiger partial charge is 0.456 e. The second-order valence-corrected chi connectivity index (χ2v) is 15.8. The summed E-state index contributed by atoms with van der Waals surface area (Å²) >= 11 is 0. The SMILES string of the molecule is C=C/C=C\C(=C\c1ccc2oc3c4ccccc4ccc3c2c1)N(/C=C/C=C\c1cc2ccc3ccccc3c2o1)c1ccc(-c2cccc(-c3ccc4ccccc4c3)c2)cc1. The van der Waals surface area contributed by atoms with Crippen LogP contribution in [-0.2, 0) is 0 Å². The third-order valence-electron chi connectivity index (χ3n) is 11.8. The standard InChI is InChI=1S/C60H41NO2/c1-2-3-19-52(36-41-23-34-58-57(37-41)56-33-30-45-15-7-9-22-55(45)60(56)63-58)61(35-11-10-20-53-40-50-27-25-44-14-6-8-21-54(44)59(50)62-53)51-31-28-43(29-32-51)47-17-12-18-48(38-47)49-26-24-42-13-4-5-16-46(42)39-49/h2-40H,1H2/b19-3-,20-10-,35-11+,52-36-. The van der Waals surface area contributed by atoms with Crippen LogP contribution in [0.25, 0.3) is 99.6 Å². The summed E-state index contributed by atoms with van der Waals surface area (Å²) in [6.07, 6.45) is 16.3. The van der Waals surface area contributed by atoms with E-state index in [-0.39, 0.29) is 0 Å². The van der Waals surface area contributed by atoms with Crippen LogP contribution < -0.4 is 4.90 Å². The average molecular weight is 808 g/mol. The molecule has 0 spiro atoms. The fourth-order valence-corrected chi connectivity index (χ4v) is 8.69. The van der Waals surface area contributed by atoms with E-state index in [4.69, 9.17) is 8.83 Å². The zero-order valence-electron chi connectivity index (χ0n) is 34.5. The number of hydrogen-bond acceptors (Lipinski definition) is 3. The van der Waals surface area contributed by atoms with Gasteiger partial charge in [-0.05, 0) is 122 Å². The molecule has 11 rings (SSSR count). The highest BCUT2D eigenvalue weighted by molar-refractivity contribution is 6.15. The van der Waals surface area contributed by atoms with Crippen LogP contribution in [0.3, 0.4) is 0 Å². The van der Waals surface area contributed by atoms with Crippen LogP contribution in [0.5, 0.6) is 0 Å². The summed E-state index contributed by atoms with van der Waals surface area (Å²) < 4.78 is 12.8. The average Bonchev–Trinajstić information content (AvgIpc) is 3.95. The second kappa shape index (κ2) is 16.2. The van der Waals surface area contributed by atoms with Crippen molar-refractivity contribution in [3.05, 3.63) is 248 Å². The highest BCUT2D eigenvalue weighted by Crippen LogP contribution is 2.36. The molecule has 0 bridgehead atoms. The van der Waals surface area contributed by atoms with Crippen molar-refractivity contribution in [2.75, 3.05) is 4.90 Å². The molecule has 0 fully saturated rings. The van der Waals surface area contributed by atoms with Gasteiger partial charge in [-0.15, -0.1) is 0 Å². The summed E-state index contributed by atoms with van der Waals surface area (Å²) in [5.41, 5.74) is 10.4. The summed E-state index contributed by atoms with van der Waals surface area (Å²) in [5.74, 6) is 0.795. The van der Waals surface area contributed by atoms with Gasteiger partial charge in [-0.3, -0.25) is 0 Å². The van der Waals surface area contributed by atoms with Gasteiger partial charge in [0.25, 0.3) is 0 Å². The lowest BCUT2D eigenvalue weighted by Crippen LogP contribution is -2.13. The van der Waals surface area contributed by atoms with Crippen LogP contribution in [0.1, 0.15) is 11.3 Å². The molecule has 0 aliphatic heterocycles. The number of fused-ring (bicyclic) bond motifs is 9. The maximum absolute atomic E-state index is 6.46. The minimum atomic E-state index is 0.795. The molecule has 2 aromatic heterocycles. The van der Waals surface area contributed by atoms with Gasteiger partial charge in [0, 0.05) is 44.5 Å². The molecule has 0 saturated carbocycles. The van der Waals surface area contributed by atoms with Crippen molar-refractivity contribution in [2.45, 2.75) is 0 Å². The summed E-state index contributed by atoms with van der Waals surface area (Å²) in [5, 5.41) is 10.3. The van der Waals surface area contributed by atoms with Gasteiger partial charge in [-0.2, -0.15) is 0 Å². The molecule has 3 heteroatoms. The van der Waals surface area contributed by atoms with Crippen LogP contribution in [0.4, 0.5) is 5.69 Å². The molecule has 0 N–H and O–H groups in total.